The maximum atomic E-state index is 6.11. The van der Waals surface area contributed by atoms with Crippen LogP contribution in [0.25, 0.3) is 0 Å². The van der Waals surface area contributed by atoms with E-state index in [0.29, 0.717) is 0 Å². The second kappa shape index (κ2) is 7.69. The van der Waals surface area contributed by atoms with Crippen molar-refractivity contribution in [2.75, 3.05) is 20.8 Å². The third kappa shape index (κ3) is 4.13. The zero-order chi connectivity index (χ0) is 15.2. The number of halogens is 1. The highest BCUT2D eigenvalue weighted by molar-refractivity contribution is 7.10. The molecule has 0 bridgehead atoms. The fraction of sp³-hybridized carbons (Fsp3) is 0.375. The van der Waals surface area contributed by atoms with Crippen LogP contribution >= 0.6 is 22.9 Å². The van der Waals surface area contributed by atoms with Crippen LogP contribution in [0.15, 0.2) is 29.6 Å². The lowest BCUT2D eigenvalue weighted by Crippen LogP contribution is -2.22. The molecule has 1 atom stereocenters. The van der Waals surface area contributed by atoms with E-state index in [0.717, 1.165) is 35.1 Å². The Bertz CT molecular complexity index is 585. The summed E-state index contributed by atoms with van der Waals surface area (Å²) in [4.78, 5) is 1.25. The van der Waals surface area contributed by atoms with Gasteiger partial charge in [0.25, 0.3) is 0 Å². The number of ether oxygens (including phenoxy) is 2. The number of nitrogens with one attached hydrogen (secondary N) is 1. The van der Waals surface area contributed by atoms with Gasteiger partial charge in [-0.3, -0.25) is 0 Å². The van der Waals surface area contributed by atoms with Crippen LogP contribution < -0.4 is 14.8 Å². The van der Waals surface area contributed by atoms with Crippen LogP contribution in [0.2, 0.25) is 5.02 Å². The summed E-state index contributed by atoms with van der Waals surface area (Å²) < 4.78 is 10.7. The first-order valence-corrected chi connectivity index (χ1v) is 8.12. The van der Waals surface area contributed by atoms with E-state index in [1.165, 1.54) is 4.88 Å². The Labute approximate surface area is 134 Å². The number of thiophene rings is 1. The van der Waals surface area contributed by atoms with E-state index >= 15 is 0 Å². The molecule has 1 aromatic heterocycles. The van der Waals surface area contributed by atoms with Crippen LogP contribution in [0.5, 0.6) is 11.5 Å². The van der Waals surface area contributed by atoms with Crippen molar-refractivity contribution in [1.82, 2.24) is 5.32 Å². The maximum absolute atomic E-state index is 6.11. The molecule has 0 aliphatic carbocycles. The van der Waals surface area contributed by atoms with Gasteiger partial charge in [0.15, 0.2) is 0 Å². The Morgan fingerprint density at radius 1 is 1.24 bits per heavy atom. The topological polar surface area (TPSA) is 30.5 Å². The quantitative estimate of drug-likeness (QED) is 0.822. The predicted octanol–water partition coefficient (Wildman–Crippen LogP) is 4.31. The molecule has 3 nitrogen and oxygen atoms in total. The fourth-order valence-corrected chi connectivity index (χ4v) is 3.40. The van der Waals surface area contributed by atoms with E-state index in [-0.39, 0.29) is 6.04 Å². The van der Waals surface area contributed by atoms with E-state index in [4.69, 9.17) is 21.1 Å². The molecule has 1 heterocycles. The van der Waals surface area contributed by atoms with Crippen molar-refractivity contribution in [2.24, 2.45) is 0 Å². The highest BCUT2D eigenvalue weighted by Gasteiger charge is 2.16. The second-order valence-electron chi connectivity index (χ2n) is 4.66. The monoisotopic (exact) mass is 325 g/mol. The minimum Gasteiger partial charge on any atom is -0.496 e. The summed E-state index contributed by atoms with van der Waals surface area (Å²) in [6, 6.07) is 8.02. The van der Waals surface area contributed by atoms with Gasteiger partial charge in [-0.05, 0) is 42.8 Å². The van der Waals surface area contributed by atoms with Crippen LogP contribution in [0, 0.1) is 0 Å². The molecular weight excluding hydrogens is 306 g/mol. The molecule has 0 aliphatic rings. The Hall–Kier alpha value is -1.23. The molecule has 1 N–H and O–H groups in total. The predicted molar refractivity (Wildman–Crippen MR) is 89.0 cm³/mol. The molecule has 0 saturated heterocycles. The molecule has 0 amide bonds. The van der Waals surface area contributed by atoms with Crippen molar-refractivity contribution in [1.29, 1.82) is 0 Å². The smallest absolute Gasteiger partial charge is 0.129 e. The number of benzene rings is 1. The average Bonchev–Trinajstić information content (AvgIpc) is 2.96. The molecule has 2 aromatic rings. The van der Waals surface area contributed by atoms with Crippen LogP contribution in [0.4, 0.5) is 0 Å². The van der Waals surface area contributed by atoms with Crippen molar-refractivity contribution < 1.29 is 9.47 Å². The maximum Gasteiger partial charge on any atom is 0.129 e. The van der Waals surface area contributed by atoms with Gasteiger partial charge < -0.3 is 14.8 Å². The van der Waals surface area contributed by atoms with E-state index < -0.39 is 0 Å². The Morgan fingerprint density at radius 2 is 2.05 bits per heavy atom. The minimum atomic E-state index is 0.219. The zero-order valence-electron chi connectivity index (χ0n) is 12.5. The van der Waals surface area contributed by atoms with Gasteiger partial charge in [-0.15, -0.1) is 11.3 Å². The first-order chi connectivity index (χ1) is 10.2. The molecular formula is C16H20ClNO2S. The van der Waals surface area contributed by atoms with E-state index in [9.17, 15) is 0 Å². The molecule has 0 aliphatic heterocycles. The lowest BCUT2D eigenvalue weighted by molar-refractivity contribution is 0.405. The van der Waals surface area contributed by atoms with Crippen LogP contribution in [0.1, 0.15) is 23.4 Å². The number of hydrogen-bond acceptors (Lipinski definition) is 4. The molecule has 0 radical (unpaired) electrons. The average molecular weight is 326 g/mol. The van der Waals surface area contributed by atoms with Crippen LogP contribution in [0.3, 0.4) is 0 Å². The number of likely N-dealkylation sites (N-methyl/N-ethyl adjacent to an activating group) is 1. The molecule has 21 heavy (non-hydrogen) atoms. The molecule has 114 valence electrons. The zero-order valence-corrected chi connectivity index (χ0v) is 14.1. The molecule has 0 saturated carbocycles. The van der Waals surface area contributed by atoms with Gasteiger partial charge in [0.05, 0.1) is 14.2 Å². The third-order valence-electron chi connectivity index (χ3n) is 3.29. The van der Waals surface area contributed by atoms with Gasteiger partial charge in [0, 0.05) is 21.3 Å². The van der Waals surface area contributed by atoms with Gasteiger partial charge in [-0.2, -0.15) is 0 Å². The van der Waals surface area contributed by atoms with Gasteiger partial charge >= 0.3 is 0 Å². The van der Waals surface area contributed by atoms with Crippen molar-refractivity contribution in [3.05, 3.63) is 45.1 Å². The van der Waals surface area contributed by atoms with Gasteiger partial charge in [-0.1, -0.05) is 18.5 Å². The first kappa shape index (κ1) is 16.1. The molecule has 0 spiro atoms. The fourth-order valence-electron chi connectivity index (χ4n) is 2.27. The number of methoxy groups -OCH3 is 2. The third-order valence-corrected chi connectivity index (χ3v) is 4.55. The largest absolute Gasteiger partial charge is 0.496 e. The summed E-state index contributed by atoms with van der Waals surface area (Å²) in [7, 11) is 3.37. The van der Waals surface area contributed by atoms with Crippen molar-refractivity contribution in [3.8, 4) is 11.5 Å². The Kier molecular flexibility index (Phi) is 5.91. The van der Waals surface area contributed by atoms with Crippen LogP contribution in [-0.2, 0) is 6.42 Å². The molecule has 1 aromatic carbocycles. The molecule has 0 fully saturated rings. The summed E-state index contributed by atoms with van der Waals surface area (Å²) in [6.45, 7) is 3.00. The normalized spacial score (nSPS) is 12.2. The van der Waals surface area contributed by atoms with Crippen molar-refractivity contribution in [2.45, 2.75) is 19.4 Å². The molecule has 5 heteroatoms. The SMILES string of the molecule is CCNC(Cc1cc(Cl)ccc1OC)c1cc(OC)cs1. The number of rotatable bonds is 7. The minimum absolute atomic E-state index is 0.219. The summed E-state index contributed by atoms with van der Waals surface area (Å²) in [6.07, 6.45) is 0.821. The second-order valence-corrected chi connectivity index (χ2v) is 6.04. The lowest BCUT2D eigenvalue weighted by atomic mass is 10.0. The lowest BCUT2D eigenvalue weighted by Gasteiger charge is -2.18. The van der Waals surface area contributed by atoms with Crippen molar-refractivity contribution >= 4 is 22.9 Å². The standard InChI is InChI=1S/C16H20ClNO2S/c1-4-18-14(16-9-13(19-2)10-21-16)8-11-7-12(17)5-6-15(11)20-3/h5-7,9-10,14,18H,4,8H2,1-3H3. The van der Waals surface area contributed by atoms with Gasteiger partial charge in [0.2, 0.25) is 0 Å². The van der Waals surface area contributed by atoms with Gasteiger partial charge in [-0.25, -0.2) is 0 Å². The Balaban J connectivity index is 2.25. The molecule has 1 unspecified atom stereocenters. The van der Waals surface area contributed by atoms with Crippen LogP contribution in [-0.4, -0.2) is 20.8 Å². The first-order valence-electron chi connectivity index (χ1n) is 6.86. The summed E-state index contributed by atoms with van der Waals surface area (Å²) in [5.74, 6) is 1.77. The van der Waals surface area contributed by atoms with Crippen molar-refractivity contribution in [3.63, 3.8) is 0 Å². The highest BCUT2D eigenvalue weighted by atomic mass is 35.5. The summed E-state index contributed by atoms with van der Waals surface area (Å²) in [5.41, 5.74) is 1.10. The van der Waals surface area contributed by atoms with E-state index in [1.54, 1.807) is 25.6 Å². The molecule has 2 rings (SSSR count). The highest BCUT2D eigenvalue weighted by Crippen LogP contribution is 2.32. The van der Waals surface area contributed by atoms with E-state index in [1.807, 2.05) is 23.6 Å². The van der Waals surface area contributed by atoms with Gasteiger partial charge in [0.1, 0.15) is 11.5 Å². The Morgan fingerprint density at radius 3 is 2.67 bits per heavy atom. The summed E-state index contributed by atoms with van der Waals surface area (Å²) >= 11 is 7.81. The number of hydrogen-bond donors (Lipinski definition) is 1. The van der Waals surface area contributed by atoms with E-state index in [2.05, 4.69) is 18.3 Å². The summed E-state index contributed by atoms with van der Waals surface area (Å²) in [5, 5.41) is 6.26.